The summed E-state index contributed by atoms with van der Waals surface area (Å²) in [7, 11) is 0. The summed E-state index contributed by atoms with van der Waals surface area (Å²) in [6.07, 6.45) is 0. The predicted octanol–water partition coefficient (Wildman–Crippen LogP) is 11.2. The summed E-state index contributed by atoms with van der Waals surface area (Å²) < 4.78 is 2.36. The van der Waals surface area contributed by atoms with Crippen LogP contribution >= 0.6 is 0 Å². The molecule has 0 aliphatic carbocycles. The predicted molar refractivity (Wildman–Crippen MR) is 183 cm³/mol. The number of anilines is 5. The molecule has 0 saturated carbocycles. The van der Waals surface area contributed by atoms with Crippen molar-refractivity contribution in [3.05, 3.63) is 170 Å². The van der Waals surface area contributed by atoms with Gasteiger partial charge in [-0.3, -0.25) is 0 Å². The Hall–Kier alpha value is -5.80. The van der Waals surface area contributed by atoms with E-state index in [4.69, 9.17) is 0 Å². The summed E-state index contributed by atoms with van der Waals surface area (Å²) in [6, 6.07) is 60.3. The second-order valence-electron chi connectivity index (χ2n) is 10.8. The van der Waals surface area contributed by atoms with E-state index in [1.807, 2.05) is 0 Å². The fourth-order valence-corrected chi connectivity index (χ4v) is 6.12. The summed E-state index contributed by atoms with van der Waals surface area (Å²) >= 11 is 0. The highest BCUT2D eigenvalue weighted by atomic mass is 15.1. The summed E-state index contributed by atoms with van der Waals surface area (Å²) in [5.41, 5.74) is 8.99. The third kappa shape index (κ3) is 4.58. The molecule has 0 fully saturated rings. The van der Waals surface area contributed by atoms with Crippen molar-refractivity contribution in [1.82, 2.24) is 4.57 Å². The van der Waals surface area contributed by atoms with E-state index in [9.17, 15) is 0 Å². The molecule has 0 radical (unpaired) electrons. The SMILES string of the molecule is c1ccc(N(c2ccccc2)c2ccc3c(c2)c2cc(Nc4ccc5ccccc5c4)ccc2n3-c2ccccc2)cc1. The lowest BCUT2D eigenvalue weighted by atomic mass is 10.1. The van der Waals surface area contributed by atoms with Gasteiger partial charge in [-0.15, -0.1) is 0 Å². The molecule has 0 aliphatic rings. The second kappa shape index (κ2) is 10.6. The van der Waals surface area contributed by atoms with Gasteiger partial charge in [0.05, 0.1) is 11.0 Å². The zero-order valence-corrected chi connectivity index (χ0v) is 23.6. The van der Waals surface area contributed by atoms with Crippen LogP contribution in [0, 0.1) is 0 Å². The normalized spacial score (nSPS) is 11.3. The van der Waals surface area contributed by atoms with Gasteiger partial charge in [-0.25, -0.2) is 0 Å². The molecule has 1 aromatic heterocycles. The van der Waals surface area contributed by atoms with Gasteiger partial charge >= 0.3 is 0 Å². The summed E-state index contributed by atoms with van der Waals surface area (Å²) in [5, 5.41) is 8.54. The van der Waals surface area contributed by atoms with Crippen molar-refractivity contribution in [1.29, 1.82) is 0 Å². The Kier molecular flexibility index (Phi) is 6.12. The molecule has 0 atom stereocenters. The Morgan fingerprint density at radius 3 is 1.63 bits per heavy atom. The topological polar surface area (TPSA) is 20.2 Å². The number of nitrogens with zero attached hydrogens (tertiary/aromatic N) is 2. The Balaban J connectivity index is 1.32. The lowest BCUT2D eigenvalue weighted by molar-refractivity contribution is 1.18. The molecule has 43 heavy (non-hydrogen) atoms. The molecule has 0 aliphatic heterocycles. The van der Waals surface area contributed by atoms with Crippen LogP contribution in [-0.2, 0) is 0 Å². The Morgan fingerprint density at radius 1 is 0.395 bits per heavy atom. The van der Waals surface area contributed by atoms with Gasteiger partial charge in [-0.1, -0.05) is 84.9 Å². The van der Waals surface area contributed by atoms with Gasteiger partial charge in [0.1, 0.15) is 0 Å². The van der Waals surface area contributed by atoms with Gasteiger partial charge in [0.25, 0.3) is 0 Å². The molecular weight excluding hydrogens is 522 g/mol. The number of rotatable bonds is 6. The Bertz CT molecular complexity index is 2160. The van der Waals surface area contributed by atoms with E-state index in [1.54, 1.807) is 0 Å². The van der Waals surface area contributed by atoms with Crippen molar-refractivity contribution in [3.63, 3.8) is 0 Å². The summed E-state index contributed by atoms with van der Waals surface area (Å²) in [5.74, 6) is 0. The van der Waals surface area contributed by atoms with E-state index in [0.29, 0.717) is 0 Å². The highest BCUT2D eigenvalue weighted by Crippen LogP contribution is 2.40. The smallest absolute Gasteiger partial charge is 0.0542 e. The highest BCUT2D eigenvalue weighted by Gasteiger charge is 2.17. The van der Waals surface area contributed by atoms with Gasteiger partial charge in [0.15, 0.2) is 0 Å². The quantitative estimate of drug-likeness (QED) is 0.222. The molecule has 8 aromatic rings. The Labute approximate surface area is 250 Å². The van der Waals surface area contributed by atoms with Crippen molar-refractivity contribution >= 4 is 61.0 Å². The summed E-state index contributed by atoms with van der Waals surface area (Å²) in [6.45, 7) is 0. The summed E-state index contributed by atoms with van der Waals surface area (Å²) in [4.78, 5) is 2.32. The largest absolute Gasteiger partial charge is 0.355 e. The van der Waals surface area contributed by atoms with E-state index in [-0.39, 0.29) is 0 Å². The fraction of sp³-hybridized carbons (Fsp3) is 0. The number of hydrogen-bond acceptors (Lipinski definition) is 2. The third-order valence-electron chi connectivity index (χ3n) is 8.09. The molecule has 0 bridgehead atoms. The van der Waals surface area contributed by atoms with Crippen molar-refractivity contribution in [2.75, 3.05) is 10.2 Å². The van der Waals surface area contributed by atoms with E-state index < -0.39 is 0 Å². The van der Waals surface area contributed by atoms with Gasteiger partial charge in [-0.05, 0) is 95.7 Å². The van der Waals surface area contributed by atoms with Crippen LogP contribution in [0.25, 0.3) is 38.3 Å². The van der Waals surface area contributed by atoms with Crippen LogP contribution in [0.3, 0.4) is 0 Å². The third-order valence-corrected chi connectivity index (χ3v) is 8.09. The van der Waals surface area contributed by atoms with Crippen LogP contribution in [0.2, 0.25) is 0 Å². The first-order valence-electron chi connectivity index (χ1n) is 14.6. The van der Waals surface area contributed by atoms with E-state index in [2.05, 4.69) is 185 Å². The number of para-hydroxylation sites is 3. The first-order chi connectivity index (χ1) is 21.3. The van der Waals surface area contributed by atoms with Gasteiger partial charge < -0.3 is 14.8 Å². The van der Waals surface area contributed by atoms with Crippen molar-refractivity contribution in [3.8, 4) is 5.69 Å². The van der Waals surface area contributed by atoms with E-state index in [0.717, 1.165) is 34.1 Å². The highest BCUT2D eigenvalue weighted by molar-refractivity contribution is 6.11. The van der Waals surface area contributed by atoms with Crippen LogP contribution in [0.4, 0.5) is 28.4 Å². The minimum Gasteiger partial charge on any atom is -0.355 e. The maximum Gasteiger partial charge on any atom is 0.0542 e. The van der Waals surface area contributed by atoms with E-state index >= 15 is 0 Å². The minimum absolute atomic E-state index is 1.06. The van der Waals surface area contributed by atoms with Crippen LogP contribution in [0.1, 0.15) is 0 Å². The lowest BCUT2D eigenvalue weighted by Crippen LogP contribution is -2.09. The second-order valence-corrected chi connectivity index (χ2v) is 10.8. The molecule has 0 amide bonds. The van der Waals surface area contributed by atoms with Crippen LogP contribution in [0.5, 0.6) is 0 Å². The Morgan fingerprint density at radius 2 is 0.930 bits per heavy atom. The van der Waals surface area contributed by atoms with Crippen molar-refractivity contribution in [2.24, 2.45) is 0 Å². The zero-order valence-electron chi connectivity index (χ0n) is 23.6. The maximum absolute atomic E-state index is 3.67. The first kappa shape index (κ1) is 25.0. The molecule has 0 spiro atoms. The zero-order chi connectivity index (χ0) is 28.6. The minimum atomic E-state index is 1.06. The molecule has 3 heteroatoms. The average Bonchev–Trinajstić information content (AvgIpc) is 3.39. The average molecular weight is 552 g/mol. The molecule has 1 heterocycles. The van der Waals surface area contributed by atoms with Gasteiger partial charge in [0, 0.05) is 44.9 Å². The number of hydrogen-bond donors (Lipinski definition) is 1. The van der Waals surface area contributed by atoms with Crippen molar-refractivity contribution in [2.45, 2.75) is 0 Å². The lowest BCUT2D eigenvalue weighted by Gasteiger charge is -2.25. The van der Waals surface area contributed by atoms with Crippen LogP contribution in [-0.4, -0.2) is 4.57 Å². The maximum atomic E-state index is 3.67. The van der Waals surface area contributed by atoms with Gasteiger partial charge in [-0.2, -0.15) is 0 Å². The van der Waals surface area contributed by atoms with E-state index in [1.165, 1.54) is 32.6 Å². The fourth-order valence-electron chi connectivity index (χ4n) is 6.12. The van der Waals surface area contributed by atoms with Crippen LogP contribution < -0.4 is 10.2 Å². The first-order valence-corrected chi connectivity index (χ1v) is 14.6. The molecule has 7 aromatic carbocycles. The number of benzene rings is 7. The molecule has 1 N–H and O–H groups in total. The van der Waals surface area contributed by atoms with Crippen LogP contribution in [0.15, 0.2) is 170 Å². The molecule has 204 valence electrons. The monoisotopic (exact) mass is 551 g/mol. The number of fused-ring (bicyclic) bond motifs is 4. The molecule has 8 rings (SSSR count). The molecular formula is C40H29N3. The number of aromatic nitrogens is 1. The molecule has 0 saturated heterocycles. The molecule has 3 nitrogen and oxygen atoms in total. The van der Waals surface area contributed by atoms with Crippen molar-refractivity contribution < 1.29 is 0 Å². The number of nitrogens with one attached hydrogen (secondary N) is 1. The molecule has 0 unspecified atom stereocenters. The standard InChI is InChI=1S/C40H29N3/c1-4-14-33(15-5-1)42(34-16-6-2-7-17-34)36-23-25-40-38(28-36)37-27-32(22-24-39(37)43(40)35-18-8-3-9-19-35)41-31-21-20-29-12-10-11-13-30(29)26-31/h1-28,41H. The van der Waals surface area contributed by atoms with Gasteiger partial charge in [0.2, 0.25) is 0 Å².